The normalized spacial score (nSPS) is 10.5. The Kier molecular flexibility index (Phi) is 2.68. The summed E-state index contributed by atoms with van der Waals surface area (Å²) >= 11 is 3.43. The van der Waals surface area contributed by atoms with Crippen molar-refractivity contribution in [3.05, 3.63) is 22.7 Å². The van der Waals surface area contributed by atoms with E-state index < -0.39 is 0 Å². The Morgan fingerprint density at radius 1 is 1.47 bits per heavy atom. The number of halogens is 1. The van der Waals surface area contributed by atoms with Crippen molar-refractivity contribution < 1.29 is 0 Å². The molecule has 0 radical (unpaired) electrons. The molecule has 1 aromatic heterocycles. The Balaban J connectivity index is 2.59. The molecule has 0 saturated carbocycles. The number of hydrogen-bond acceptors (Lipinski definition) is 4. The lowest BCUT2D eigenvalue weighted by Gasteiger charge is -2.05. The number of rotatable bonds is 2. The summed E-state index contributed by atoms with van der Waals surface area (Å²) in [4.78, 5) is 0. The van der Waals surface area contributed by atoms with Crippen molar-refractivity contribution in [2.45, 2.75) is 13.5 Å². The molecule has 0 amide bonds. The highest BCUT2D eigenvalue weighted by Gasteiger charge is 2.12. The third-order valence-electron chi connectivity index (χ3n) is 2.10. The smallest absolute Gasteiger partial charge is 0.183 e. The number of anilines is 1. The number of benzene rings is 1. The van der Waals surface area contributed by atoms with Crippen molar-refractivity contribution in [1.82, 2.24) is 20.2 Å². The van der Waals surface area contributed by atoms with Gasteiger partial charge in [0.2, 0.25) is 0 Å². The molecule has 2 N–H and O–H groups in total. The second-order valence-corrected chi connectivity index (χ2v) is 3.82. The Morgan fingerprint density at radius 2 is 2.27 bits per heavy atom. The van der Waals surface area contributed by atoms with E-state index >= 15 is 0 Å². The van der Waals surface area contributed by atoms with E-state index in [1.165, 1.54) is 0 Å². The summed E-state index contributed by atoms with van der Waals surface area (Å²) in [5.41, 5.74) is 7.38. The predicted octanol–water partition coefficient (Wildman–Crippen LogP) is 1.70. The number of hydrogen-bond donors (Lipinski definition) is 1. The Morgan fingerprint density at radius 3 is 3.00 bits per heavy atom. The molecule has 0 spiro atoms. The van der Waals surface area contributed by atoms with Crippen LogP contribution in [0.25, 0.3) is 11.4 Å². The van der Waals surface area contributed by atoms with Crippen LogP contribution in [-0.4, -0.2) is 20.2 Å². The first-order valence-corrected chi connectivity index (χ1v) is 5.34. The molecule has 2 aromatic rings. The molecular formula is C9H10BrN5. The van der Waals surface area contributed by atoms with Crippen molar-refractivity contribution in [2.24, 2.45) is 0 Å². The minimum atomic E-state index is 0.679. The van der Waals surface area contributed by atoms with E-state index in [-0.39, 0.29) is 0 Å². The molecule has 1 heterocycles. The lowest BCUT2D eigenvalue weighted by atomic mass is 10.2. The van der Waals surface area contributed by atoms with Crippen LogP contribution < -0.4 is 5.73 Å². The van der Waals surface area contributed by atoms with Gasteiger partial charge >= 0.3 is 0 Å². The molecule has 1 aromatic carbocycles. The lowest BCUT2D eigenvalue weighted by molar-refractivity contribution is 0.631. The Hall–Kier alpha value is -1.43. The largest absolute Gasteiger partial charge is 0.398 e. The molecule has 15 heavy (non-hydrogen) atoms. The number of nitrogen functional groups attached to an aromatic ring is 1. The molecule has 6 heteroatoms. The van der Waals surface area contributed by atoms with Gasteiger partial charge in [0.1, 0.15) is 0 Å². The van der Waals surface area contributed by atoms with Gasteiger partial charge in [-0.05, 0) is 45.4 Å². The van der Waals surface area contributed by atoms with Crippen LogP contribution in [0.3, 0.4) is 0 Å². The maximum Gasteiger partial charge on any atom is 0.183 e. The fourth-order valence-corrected chi connectivity index (χ4v) is 1.77. The molecule has 5 nitrogen and oxygen atoms in total. The summed E-state index contributed by atoms with van der Waals surface area (Å²) < 4.78 is 2.55. The molecule has 2 rings (SSSR count). The average molecular weight is 268 g/mol. The minimum absolute atomic E-state index is 0.679. The number of aromatic nitrogens is 4. The standard InChI is InChI=1S/C9H10BrN5/c1-2-15-9(12-13-14-15)6-4-3-5-7(11)8(6)10/h3-5H,2,11H2,1H3. The van der Waals surface area contributed by atoms with Gasteiger partial charge in [-0.25, -0.2) is 4.68 Å². The third-order valence-corrected chi connectivity index (χ3v) is 2.99. The first-order valence-electron chi connectivity index (χ1n) is 4.54. The minimum Gasteiger partial charge on any atom is -0.398 e. The van der Waals surface area contributed by atoms with Gasteiger partial charge in [-0.1, -0.05) is 6.07 Å². The van der Waals surface area contributed by atoms with E-state index in [4.69, 9.17) is 5.73 Å². The van der Waals surface area contributed by atoms with Crippen molar-refractivity contribution in [2.75, 3.05) is 5.73 Å². The van der Waals surface area contributed by atoms with Crippen LogP contribution in [0.4, 0.5) is 5.69 Å². The summed E-state index contributed by atoms with van der Waals surface area (Å²) in [5.74, 6) is 0.719. The quantitative estimate of drug-likeness (QED) is 0.842. The molecule has 0 fully saturated rings. The van der Waals surface area contributed by atoms with E-state index in [1.54, 1.807) is 4.68 Å². The number of tetrazole rings is 1. The summed E-state index contributed by atoms with van der Waals surface area (Å²) in [6.07, 6.45) is 0. The second kappa shape index (κ2) is 3.98. The molecule has 0 atom stereocenters. The predicted molar refractivity (Wildman–Crippen MR) is 61.0 cm³/mol. The summed E-state index contributed by atoms with van der Waals surface area (Å²) in [6.45, 7) is 2.71. The van der Waals surface area contributed by atoms with Crippen LogP contribution in [0.1, 0.15) is 6.92 Å². The number of aryl methyl sites for hydroxylation is 1. The summed E-state index contributed by atoms with van der Waals surface area (Å²) in [7, 11) is 0. The van der Waals surface area contributed by atoms with Crippen molar-refractivity contribution in [3.63, 3.8) is 0 Å². The van der Waals surface area contributed by atoms with Gasteiger partial charge in [0.05, 0.1) is 4.47 Å². The molecule has 78 valence electrons. The third kappa shape index (κ3) is 1.72. The average Bonchev–Trinajstić information content (AvgIpc) is 2.70. The molecule has 0 aliphatic rings. The number of nitrogens with zero attached hydrogens (tertiary/aromatic N) is 4. The van der Waals surface area contributed by atoms with E-state index in [0.717, 1.165) is 22.4 Å². The van der Waals surface area contributed by atoms with Gasteiger partial charge in [0.15, 0.2) is 5.82 Å². The van der Waals surface area contributed by atoms with Gasteiger partial charge < -0.3 is 5.73 Å². The van der Waals surface area contributed by atoms with Gasteiger partial charge in [-0.15, -0.1) is 5.10 Å². The van der Waals surface area contributed by atoms with E-state index in [1.807, 2.05) is 25.1 Å². The molecule has 0 saturated heterocycles. The maximum atomic E-state index is 5.79. The second-order valence-electron chi connectivity index (χ2n) is 3.03. The first kappa shape index (κ1) is 10.1. The zero-order valence-electron chi connectivity index (χ0n) is 8.18. The summed E-state index contributed by atoms with van der Waals surface area (Å²) in [6, 6.07) is 5.63. The van der Waals surface area contributed by atoms with E-state index in [2.05, 4.69) is 31.5 Å². The lowest BCUT2D eigenvalue weighted by Crippen LogP contribution is -2.00. The van der Waals surface area contributed by atoms with Gasteiger partial charge in [0.25, 0.3) is 0 Å². The van der Waals surface area contributed by atoms with E-state index in [0.29, 0.717) is 5.69 Å². The zero-order chi connectivity index (χ0) is 10.8. The highest BCUT2D eigenvalue weighted by molar-refractivity contribution is 9.10. The Bertz CT molecular complexity index is 479. The molecule has 0 aliphatic carbocycles. The van der Waals surface area contributed by atoms with Crippen LogP contribution in [0.5, 0.6) is 0 Å². The molecular weight excluding hydrogens is 258 g/mol. The van der Waals surface area contributed by atoms with Crippen LogP contribution in [0.15, 0.2) is 22.7 Å². The van der Waals surface area contributed by atoms with Gasteiger partial charge in [-0.2, -0.15) is 0 Å². The Labute approximate surface area is 95.4 Å². The van der Waals surface area contributed by atoms with Crippen LogP contribution in [0, 0.1) is 0 Å². The monoisotopic (exact) mass is 267 g/mol. The van der Waals surface area contributed by atoms with Crippen molar-refractivity contribution in [3.8, 4) is 11.4 Å². The highest BCUT2D eigenvalue weighted by Crippen LogP contribution is 2.30. The SMILES string of the molecule is CCn1nnnc1-c1cccc(N)c1Br. The van der Waals surface area contributed by atoms with Crippen LogP contribution in [-0.2, 0) is 6.54 Å². The van der Waals surface area contributed by atoms with Crippen molar-refractivity contribution in [1.29, 1.82) is 0 Å². The van der Waals surface area contributed by atoms with Gasteiger partial charge in [-0.3, -0.25) is 0 Å². The highest BCUT2D eigenvalue weighted by atomic mass is 79.9. The van der Waals surface area contributed by atoms with E-state index in [9.17, 15) is 0 Å². The van der Waals surface area contributed by atoms with Crippen LogP contribution >= 0.6 is 15.9 Å². The topological polar surface area (TPSA) is 69.6 Å². The fourth-order valence-electron chi connectivity index (χ4n) is 1.33. The maximum absolute atomic E-state index is 5.79. The first-order chi connectivity index (χ1) is 7.24. The molecule has 0 bridgehead atoms. The van der Waals surface area contributed by atoms with Crippen LogP contribution in [0.2, 0.25) is 0 Å². The number of nitrogens with two attached hydrogens (primary N) is 1. The summed E-state index contributed by atoms with van der Waals surface area (Å²) in [5, 5.41) is 11.5. The molecule has 0 unspecified atom stereocenters. The van der Waals surface area contributed by atoms with Crippen molar-refractivity contribution >= 4 is 21.6 Å². The van der Waals surface area contributed by atoms with Gasteiger partial charge in [0, 0.05) is 17.8 Å². The molecule has 0 aliphatic heterocycles. The fraction of sp³-hybridized carbons (Fsp3) is 0.222. The zero-order valence-corrected chi connectivity index (χ0v) is 9.77.